The summed E-state index contributed by atoms with van der Waals surface area (Å²) in [5.74, 6) is 1.10. The van der Waals surface area contributed by atoms with Crippen LogP contribution in [0.5, 0.6) is 11.5 Å². The molecule has 1 aliphatic rings. The molecular weight excluding hydrogens is 340 g/mol. The van der Waals surface area contributed by atoms with Crippen LogP contribution in [0.25, 0.3) is 0 Å². The van der Waals surface area contributed by atoms with E-state index in [0.29, 0.717) is 24.7 Å². The lowest BCUT2D eigenvalue weighted by Crippen LogP contribution is -3.08. The molecule has 0 unspecified atom stereocenters. The van der Waals surface area contributed by atoms with Crippen LogP contribution in [-0.4, -0.2) is 32.2 Å². The Balaban J connectivity index is 1.42. The number of hydrogen-bond donors (Lipinski definition) is 2. The average molecular weight is 369 g/mol. The van der Waals surface area contributed by atoms with Gasteiger partial charge in [-0.3, -0.25) is 4.79 Å². The van der Waals surface area contributed by atoms with Gasteiger partial charge in [0.05, 0.1) is 19.7 Å². The summed E-state index contributed by atoms with van der Waals surface area (Å²) in [6.07, 6.45) is 2.69. The number of benzene rings is 2. The molecule has 3 rings (SSSR count). The highest BCUT2D eigenvalue weighted by atomic mass is 16.5. The van der Waals surface area contributed by atoms with Crippen LogP contribution in [0.15, 0.2) is 48.5 Å². The smallest absolute Gasteiger partial charge is 0.258 e. The van der Waals surface area contributed by atoms with Gasteiger partial charge in [-0.25, -0.2) is 0 Å². The van der Waals surface area contributed by atoms with Gasteiger partial charge in [0, 0.05) is 24.9 Å². The molecule has 1 saturated heterocycles. The van der Waals surface area contributed by atoms with Crippen molar-refractivity contribution in [3.63, 3.8) is 0 Å². The fourth-order valence-electron chi connectivity index (χ4n) is 3.35. The van der Waals surface area contributed by atoms with Crippen molar-refractivity contribution in [2.45, 2.75) is 32.9 Å². The molecule has 0 saturated carbocycles. The molecule has 5 nitrogen and oxygen atoms in total. The third-order valence-electron chi connectivity index (χ3n) is 4.79. The van der Waals surface area contributed by atoms with E-state index in [-0.39, 0.29) is 12.5 Å². The number of carbonyl (C=O) groups excluding carboxylic acids is 1. The Morgan fingerprint density at radius 1 is 0.963 bits per heavy atom. The summed E-state index contributed by atoms with van der Waals surface area (Å²) in [6.45, 7) is 6.61. The molecule has 0 spiro atoms. The summed E-state index contributed by atoms with van der Waals surface area (Å²) in [4.78, 5) is 13.7. The number of rotatable bonds is 9. The molecule has 5 heteroatoms. The lowest BCUT2D eigenvalue weighted by Gasteiger charge is -2.13. The lowest BCUT2D eigenvalue weighted by atomic mass is 10.1. The number of likely N-dealkylation sites (tertiary alicyclic amines) is 1. The van der Waals surface area contributed by atoms with Gasteiger partial charge in [0.2, 0.25) is 0 Å². The molecule has 1 aliphatic heterocycles. The molecule has 0 bridgehead atoms. The average Bonchev–Trinajstić information content (AvgIpc) is 3.20. The zero-order valence-corrected chi connectivity index (χ0v) is 16.0. The van der Waals surface area contributed by atoms with Gasteiger partial charge in [0.1, 0.15) is 6.54 Å². The molecular formula is C22H29N2O3+. The number of carbonyl (C=O) groups is 1. The van der Waals surface area contributed by atoms with Gasteiger partial charge in [-0.15, -0.1) is 0 Å². The number of hydrogen-bond acceptors (Lipinski definition) is 3. The fraction of sp³-hybridized carbons (Fsp3) is 0.409. The monoisotopic (exact) mass is 369 g/mol. The third-order valence-corrected chi connectivity index (χ3v) is 4.79. The fourth-order valence-corrected chi connectivity index (χ4v) is 3.35. The van der Waals surface area contributed by atoms with Gasteiger partial charge in [0.15, 0.2) is 18.1 Å². The van der Waals surface area contributed by atoms with Gasteiger partial charge in [-0.05, 0) is 24.6 Å². The summed E-state index contributed by atoms with van der Waals surface area (Å²) < 4.78 is 11.1. The first-order chi connectivity index (χ1) is 13.2. The molecule has 0 radical (unpaired) electrons. The van der Waals surface area contributed by atoms with Crippen LogP contribution >= 0.6 is 0 Å². The molecule has 1 amide bonds. The maximum Gasteiger partial charge on any atom is 0.258 e. The first-order valence-corrected chi connectivity index (χ1v) is 9.77. The van der Waals surface area contributed by atoms with Crippen LogP contribution in [0.2, 0.25) is 0 Å². The molecule has 27 heavy (non-hydrogen) atoms. The predicted octanol–water partition coefficient (Wildman–Crippen LogP) is 1.96. The van der Waals surface area contributed by atoms with Crippen molar-refractivity contribution in [1.82, 2.24) is 5.32 Å². The Hall–Kier alpha value is -2.53. The van der Waals surface area contributed by atoms with Crippen molar-refractivity contribution in [1.29, 1.82) is 0 Å². The van der Waals surface area contributed by atoms with Crippen LogP contribution in [0.4, 0.5) is 0 Å². The first-order valence-electron chi connectivity index (χ1n) is 9.77. The number of amides is 1. The van der Waals surface area contributed by atoms with E-state index in [9.17, 15) is 4.79 Å². The van der Waals surface area contributed by atoms with Gasteiger partial charge in [0.25, 0.3) is 5.91 Å². The highest BCUT2D eigenvalue weighted by Crippen LogP contribution is 2.26. The Morgan fingerprint density at radius 2 is 1.59 bits per heavy atom. The number of nitrogens with one attached hydrogen (secondary N) is 2. The Morgan fingerprint density at radius 3 is 2.26 bits per heavy atom. The molecule has 144 valence electrons. The zero-order valence-electron chi connectivity index (χ0n) is 16.0. The maximum absolute atomic E-state index is 12.1. The van der Waals surface area contributed by atoms with Crippen molar-refractivity contribution in [3.05, 3.63) is 59.7 Å². The van der Waals surface area contributed by atoms with E-state index in [2.05, 4.69) is 29.6 Å². The third kappa shape index (κ3) is 6.00. The predicted molar refractivity (Wildman–Crippen MR) is 105 cm³/mol. The van der Waals surface area contributed by atoms with Crippen molar-refractivity contribution in [2.24, 2.45) is 0 Å². The van der Waals surface area contributed by atoms with Crippen LogP contribution in [0.1, 0.15) is 30.9 Å². The molecule has 2 aromatic rings. The van der Waals surface area contributed by atoms with Gasteiger partial charge in [-0.1, -0.05) is 36.4 Å². The molecule has 2 aromatic carbocycles. The number of ether oxygens (including phenoxy) is 2. The SMILES string of the molecule is CCOc1ccccc1OCC(=O)NCc1ccc(C[NH+]2CCCC2)cc1. The van der Waals surface area contributed by atoms with Gasteiger partial charge < -0.3 is 19.7 Å². The second-order valence-electron chi connectivity index (χ2n) is 6.90. The lowest BCUT2D eigenvalue weighted by molar-refractivity contribution is -0.901. The molecule has 2 N–H and O–H groups in total. The quantitative estimate of drug-likeness (QED) is 0.711. The molecule has 0 aromatic heterocycles. The van der Waals surface area contributed by atoms with E-state index in [0.717, 1.165) is 12.1 Å². The van der Waals surface area contributed by atoms with Crippen molar-refractivity contribution >= 4 is 5.91 Å². The van der Waals surface area contributed by atoms with Crippen molar-refractivity contribution < 1.29 is 19.2 Å². The second-order valence-corrected chi connectivity index (χ2v) is 6.90. The molecule has 1 heterocycles. The summed E-state index contributed by atoms with van der Waals surface area (Å²) in [6, 6.07) is 15.9. The Kier molecular flexibility index (Phi) is 7.11. The highest BCUT2D eigenvalue weighted by Gasteiger charge is 2.15. The summed E-state index contributed by atoms with van der Waals surface area (Å²) >= 11 is 0. The van der Waals surface area contributed by atoms with Gasteiger partial charge in [-0.2, -0.15) is 0 Å². The van der Waals surface area contributed by atoms with Crippen LogP contribution in [-0.2, 0) is 17.9 Å². The topological polar surface area (TPSA) is 52.0 Å². The zero-order chi connectivity index (χ0) is 18.9. The van der Waals surface area contributed by atoms with E-state index in [1.165, 1.54) is 31.5 Å². The summed E-state index contributed by atoms with van der Waals surface area (Å²) in [5.41, 5.74) is 2.45. The Bertz CT molecular complexity index is 725. The largest absolute Gasteiger partial charge is 0.490 e. The van der Waals surface area contributed by atoms with E-state index in [1.807, 2.05) is 25.1 Å². The number of quaternary nitrogens is 1. The highest BCUT2D eigenvalue weighted by molar-refractivity contribution is 5.77. The van der Waals surface area contributed by atoms with Crippen molar-refractivity contribution in [3.8, 4) is 11.5 Å². The normalized spacial score (nSPS) is 14.1. The minimum Gasteiger partial charge on any atom is -0.490 e. The number of para-hydroxylation sites is 2. The van der Waals surface area contributed by atoms with E-state index >= 15 is 0 Å². The standard InChI is InChI=1S/C22H28N2O3/c1-2-26-20-7-3-4-8-21(20)27-17-22(25)23-15-18-9-11-19(12-10-18)16-24-13-5-6-14-24/h3-4,7-12H,2,5-6,13-17H2,1H3,(H,23,25)/p+1. The van der Waals surface area contributed by atoms with E-state index in [4.69, 9.17) is 9.47 Å². The van der Waals surface area contributed by atoms with E-state index < -0.39 is 0 Å². The molecule has 0 atom stereocenters. The van der Waals surface area contributed by atoms with Crippen LogP contribution in [0, 0.1) is 0 Å². The van der Waals surface area contributed by atoms with Crippen LogP contribution in [0.3, 0.4) is 0 Å². The maximum atomic E-state index is 12.1. The summed E-state index contributed by atoms with van der Waals surface area (Å²) in [5, 5.41) is 2.90. The van der Waals surface area contributed by atoms with E-state index in [1.54, 1.807) is 11.0 Å². The molecule has 0 aliphatic carbocycles. The van der Waals surface area contributed by atoms with Crippen LogP contribution < -0.4 is 19.7 Å². The van der Waals surface area contributed by atoms with Crippen molar-refractivity contribution in [2.75, 3.05) is 26.3 Å². The Labute approximate surface area is 161 Å². The minimum absolute atomic E-state index is 0.0273. The first kappa shape index (κ1) is 19.2. The summed E-state index contributed by atoms with van der Waals surface area (Å²) in [7, 11) is 0. The molecule has 1 fully saturated rings. The van der Waals surface area contributed by atoms with Gasteiger partial charge >= 0.3 is 0 Å². The minimum atomic E-state index is -0.146. The second kappa shape index (κ2) is 9.97.